The Labute approximate surface area is 203 Å². The zero-order valence-corrected chi connectivity index (χ0v) is 20.2. The number of sulfonamides is 1. The van der Waals surface area contributed by atoms with Crippen molar-refractivity contribution in [2.45, 2.75) is 37.6 Å². The maximum atomic E-state index is 13.0. The number of rotatable bonds is 9. The van der Waals surface area contributed by atoms with Crippen LogP contribution >= 0.6 is 11.6 Å². The lowest BCUT2D eigenvalue weighted by atomic mass is 10.0. The summed E-state index contributed by atoms with van der Waals surface area (Å²) in [5, 5.41) is 3.87. The lowest BCUT2D eigenvalue weighted by Crippen LogP contribution is -2.21. The van der Waals surface area contributed by atoms with Gasteiger partial charge in [0.1, 0.15) is 4.90 Å². The minimum atomic E-state index is -3.72. The lowest BCUT2D eigenvalue weighted by molar-refractivity contribution is 0.582. The van der Waals surface area contributed by atoms with Crippen molar-refractivity contribution < 1.29 is 8.42 Å². The van der Waals surface area contributed by atoms with Crippen LogP contribution in [0.3, 0.4) is 0 Å². The molecule has 0 spiro atoms. The van der Waals surface area contributed by atoms with Crippen LogP contribution in [0.2, 0.25) is 5.02 Å². The van der Waals surface area contributed by atoms with Crippen molar-refractivity contribution in [3.8, 4) is 0 Å². The van der Waals surface area contributed by atoms with Gasteiger partial charge in [-0.15, -0.1) is 0 Å². The molecule has 9 heteroatoms. The molecule has 0 aliphatic heterocycles. The molecule has 2 aromatic carbocycles. The molecule has 0 saturated carbocycles. The van der Waals surface area contributed by atoms with Crippen molar-refractivity contribution in [3.05, 3.63) is 111 Å². The minimum absolute atomic E-state index is 0.0574. The molecule has 0 fully saturated rings. The summed E-state index contributed by atoms with van der Waals surface area (Å²) in [4.78, 5) is 17.4. The van der Waals surface area contributed by atoms with E-state index in [1.807, 2.05) is 37.3 Å². The van der Waals surface area contributed by atoms with E-state index in [1.165, 1.54) is 12.3 Å². The maximum absolute atomic E-state index is 13.0. The second-order valence-corrected chi connectivity index (χ2v) is 10.0. The molecule has 0 bridgehead atoms. The SMILES string of the molecule is CCc1[nH]n(CCc2ccc(S(=O)(=O)Nc3ccccc3)cn2)c(=O)c1Cc1ccc(Cl)cc1. The van der Waals surface area contributed by atoms with Crippen molar-refractivity contribution in [2.75, 3.05) is 4.72 Å². The fraction of sp³-hybridized carbons (Fsp3) is 0.200. The van der Waals surface area contributed by atoms with Crippen LogP contribution in [0.4, 0.5) is 5.69 Å². The zero-order valence-electron chi connectivity index (χ0n) is 18.7. The Bertz CT molecular complexity index is 1410. The summed E-state index contributed by atoms with van der Waals surface area (Å²) in [5.74, 6) is 0. The normalized spacial score (nSPS) is 11.5. The molecule has 4 rings (SSSR count). The number of nitrogens with zero attached hydrogens (tertiary/aromatic N) is 2. The minimum Gasteiger partial charge on any atom is -0.299 e. The van der Waals surface area contributed by atoms with Gasteiger partial charge in [0.2, 0.25) is 0 Å². The Hall–Kier alpha value is -3.36. The molecule has 0 amide bonds. The van der Waals surface area contributed by atoms with E-state index in [0.29, 0.717) is 42.2 Å². The van der Waals surface area contributed by atoms with Crippen molar-refractivity contribution in [2.24, 2.45) is 0 Å². The van der Waals surface area contributed by atoms with E-state index in [4.69, 9.17) is 11.6 Å². The Morgan fingerprint density at radius 3 is 2.41 bits per heavy atom. The summed E-state index contributed by atoms with van der Waals surface area (Å²) in [5.41, 5.74) is 3.78. The molecule has 0 aliphatic rings. The maximum Gasteiger partial charge on any atom is 0.270 e. The van der Waals surface area contributed by atoms with Gasteiger partial charge in [-0.25, -0.2) is 8.42 Å². The van der Waals surface area contributed by atoms with Crippen molar-refractivity contribution in [1.82, 2.24) is 14.8 Å². The van der Waals surface area contributed by atoms with Crippen LogP contribution in [-0.4, -0.2) is 23.2 Å². The number of nitrogens with one attached hydrogen (secondary N) is 2. The molecule has 2 aromatic heterocycles. The van der Waals surface area contributed by atoms with E-state index in [-0.39, 0.29) is 10.5 Å². The summed E-state index contributed by atoms with van der Waals surface area (Å²) in [7, 11) is -3.72. The van der Waals surface area contributed by atoms with Crippen LogP contribution in [0.5, 0.6) is 0 Å². The predicted molar refractivity (Wildman–Crippen MR) is 134 cm³/mol. The van der Waals surface area contributed by atoms with E-state index in [1.54, 1.807) is 35.0 Å². The Balaban J connectivity index is 1.45. The van der Waals surface area contributed by atoms with Gasteiger partial charge >= 0.3 is 0 Å². The average Bonchev–Trinajstić information content (AvgIpc) is 3.14. The van der Waals surface area contributed by atoms with Crippen LogP contribution < -0.4 is 10.3 Å². The first-order valence-corrected chi connectivity index (χ1v) is 12.8. The highest BCUT2D eigenvalue weighted by Gasteiger charge is 2.16. The number of H-pyrrole nitrogens is 1. The standard InChI is InChI=1S/C25H25ClN4O3S/c1-2-24-23(16-18-8-10-19(26)11-9-18)25(31)30(28-24)15-14-20-12-13-22(17-27-20)34(32,33)29-21-6-4-3-5-7-21/h3-13,17,28-29H,2,14-16H2,1H3. The van der Waals surface area contributed by atoms with Gasteiger partial charge in [-0.3, -0.25) is 24.3 Å². The number of aromatic amines is 1. The molecule has 34 heavy (non-hydrogen) atoms. The number of hydrogen-bond acceptors (Lipinski definition) is 4. The molecule has 0 atom stereocenters. The lowest BCUT2D eigenvalue weighted by Gasteiger charge is -2.08. The van der Waals surface area contributed by atoms with Gasteiger partial charge in [0, 0.05) is 53.2 Å². The molecule has 2 N–H and O–H groups in total. The quantitative estimate of drug-likeness (QED) is 0.358. The fourth-order valence-electron chi connectivity index (χ4n) is 3.68. The highest BCUT2D eigenvalue weighted by molar-refractivity contribution is 7.92. The number of aryl methyl sites for hydroxylation is 3. The number of anilines is 1. The third-order valence-electron chi connectivity index (χ3n) is 5.51. The first-order valence-electron chi connectivity index (χ1n) is 10.9. The monoisotopic (exact) mass is 496 g/mol. The van der Waals surface area contributed by atoms with Gasteiger partial charge in [-0.2, -0.15) is 0 Å². The second-order valence-electron chi connectivity index (χ2n) is 7.89. The molecule has 0 saturated heterocycles. The summed E-state index contributed by atoms with van der Waals surface area (Å²) in [6, 6.07) is 19.4. The molecule has 4 aromatic rings. The van der Waals surface area contributed by atoms with Gasteiger partial charge in [-0.05, 0) is 48.4 Å². The third kappa shape index (κ3) is 5.58. The van der Waals surface area contributed by atoms with Gasteiger partial charge < -0.3 is 0 Å². The molecule has 7 nitrogen and oxygen atoms in total. The van der Waals surface area contributed by atoms with Gasteiger partial charge in [0.25, 0.3) is 15.6 Å². The predicted octanol–water partition coefficient (Wildman–Crippen LogP) is 4.42. The summed E-state index contributed by atoms with van der Waals surface area (Å²) in [6.45, 7) is 2.42. The van der Waals surface area contributed by atoms with Gasteiger partial charge in [-0.1, -0.05) is 48.9 Å². The third-order valence-corrected chi connectivity index (χ3v) is 7.13. The number of pyridine rings is 1. The number of para-hydroxylation sites is 1. The van der Waals surface area contributed by atoms with Crippen LogP contribution in [-0.2, 0) is 35.8 Å². The number of benzene rings is 2. The van der Waals surface area contributed by atoms with Crippen LogP contribution in [0, 0.1) is 0 Å². The fourth-order valence-corrected chi connectivity index (χ4v) is 4.81. The molecule has 0 unspecified atom stereocenters. The van der Waals surface area contributed by atoms with Gasteiger partial charge in [0.15, 0.2) is 0 Å². The van der Waals surface area contributed by atoms with Crippen LogP contribution in [0.15, 0.2) is 82.6 Å². The summed E-state index contributed by atoms with van der Waals surface area (Å²) >= 11 is 5.96. The van der Waals surface area contributed by atoms with E-state index < -0.39 is 10.0 Å². The molecule has 0 radical (unpaired) electrons. The van der Waals surface area contributed by atoms with E-state index >= 15 is 0 Å². The number of halogens is 1. The van der Waals surface area contributed by atoms with Crippen LogP contribution in [0.1, 0.15) is 29.4 Å². The largest absolute Gasteiger partial charge is 0.299 e. The van der Waals surface area contributed by atoms with Crippen molar-refractivity contribution in [3.63, 3.8) is 0 Å². The van der Waals surface area contributed by atoms with Crippen molar-refractivity contribution in [1.29, 1.82) is 0 Å². The van der Waals surface area contributed by atoms with Crippen LogP contribution in [0.25, 0.3) is 0 Å². The smallest absolute Gasteiger partial charge is 0.270 e. The van der Waals surface area contributed by atoms with Crippen molar-refractivity contribution >= 4 is 27.3 Å². The van der Waals surface area contributed by atoms with Gasteiger partial charge in [0.05, 0.1) is 0 Å². The number of aromatic nitrogens is 3. The summed E-state index contributed by atoms with van der Waals surface area (Å²) in [6.07, 6.45) is 3.06. The zero-order chi connectivity index (χ0) is 24.1. The second kappa shape index (κ2) is 10.3. The summed E-state index contributed by atoms with van der Waals surface area (Å²) < 4.78 is 29.3. The molecule has 0 aliphatic carbocycles. The Morgan fingerprint density at radius 1 is 1.03 bits per heavy atom. The first-order chi connectivity index (χ1) is 16.4. The highest BCUT2D eigenvalue weighted by Crippen LogP contribution is 2.16. The average molecular weight is 497 g/mol. The highest BCUT2D eigenvalue weighted by atomic mass is 35.5. The van der Waals surface area contributed by atoms with E-state index in [2.05, 4.69) is 14.8 Å². The molecular formula is C25H25ClN4O3S. The molecule has 176 valence electrons. The Morgan fingerprint density at radius 2 is 1.76 bits per heavy atom. The molecule has 2 heterocycles. The Kier molecular flexibility index (Phi) is 7.19. The molecular weight excluding hydrogens is 472 g/mol. The topological polar surface area (TPSA) is 96.8 Å². The van der Waals surface area contributed by atoms with E-state index in [9.17, 15) is 13.2 Å². The van der Waals surface area contributed by atoms with E-state index in [0.717, 1.165) is 16.8 Å². The first kappa shape index (κ1) is 23.8. The number of hydrogen-bond donors (Lipinski definition) is 2.